The van der Waals surface area contributed by atoms with Crippen molar-refractivity contribution in [3.05, 3.63) is 40.5 Å². The predicted octanol–water partition coefficient (Wildman–Crippen LogP) is 5.12. The summed E-state index contributed by atoms with van der Waals surface area (Å²) < 4.78 is 41.5. The second-order valence-corrected chi connectivity index (χ2v) is 8.31. The molecule has 0 radical (unpaired) electrons. The number of allylic oxidation sites excluding steroid dienone is 2. The van der Waals surface area contributed by atoms with Gasteiger partial charge in [0.15, 0.2) is 10.9 Å². The first-order valence-corrected chi connectivity index (χ1v) is 10.6. The van der Waals surface area contributed by atoms with E-state index in [9.17, 15) is 18.0 Å². The van der Waals surface area contributed by atoms with Gasteiger partial charge in [-0.2, -0.15) is 13.2 Å². The van der Waals surface area contributed by atoms with Crippen molar-refractivity contribution in [2.45, 2.75) is 63.8 Å². The number of Topliss-reactive ketones (excluding diaryl/α,β-unsaturated/α-hetero) is 1. The van der Waals surface area contributed by atoms with Gasteiger partial charge in [-0.05, 0) is 52.0 Å². The van der Waals surface area contributed by atoms with E-state index in [1.807, 2.05) is 19.9 Å². The smallest absolute Gasteiger partial charge is 0.348 e. The third-order valence-electron chi connectivity index (χ3n) is 5.34. The molecule has 5 nitrogen and oxygen atoms in total. The van der Waals surface area contributed by atoms with E-state index in [4.69, 9.17) is 0 Å². The monoisotopic (exact) mass is 426 g/mol. The molecule has 3 rings (SSSR count). The van der Waals surface area contributed by atoms with Crippen LogP contribution in [-0.4, -0.2) is 30.9 Å². The molecule has 0 saturated heterocycles. The molecule has 0 saturated carbocycles. The molecule has 0 amide bonds. The Bertz CT molecular complexity index is 927. The Morgan fingerprint density at radius 2 is 2.00 bits per heavy atom. The van der Waals surface area contributed by atoms with Crippen LogP contribution in [0.15, 0.2) is 22.9 Å². The third-order valence-corrected chi connectivity index (χ3v) is 6.36. The zero-order valence-corrected chi connectivity index (χ0v) is 17.7. The maximum Gasteiger partial charge on any atom is 0.451 e. The number of aromatic nitrogens is 4. The number of rotatable bonds is 7. The fourth-order valence-electron chi connectivity index (χ4n) is 3.71. The molecule has 2 aromatic rings. The van der Waals surface area contributed by atoms with Gasteiger partial charge in [0.25, 0.3) is 0 Å². The van der Waals surface area contributed by atoms with Crippen LogP contribution < -0.4 is 0 Å². The second-order valence-electron chi connectivity index (χ2n) is 7.37. The summed E-state index contributed by atoms with van der Waals surface area (Å²) in [6.07, 6.45) is 3.56. The Hall–Kier alpha value is -2.03. The van der Waals surface area contributed by atoms with Crippen molar-refractivity contribution in [2.24, 2.45) is 7.05 Å². The van der Waals surface area contributed by atoms with E-state index in [2.05, 4.69) is 20.8 Å². The minimum atomic E-state index is -4.57. The van der Waals surface area contributed by atoms with Crippen LogP contribution >= 0.6 is 11.8 Å². The largest absolute Gasteiger partial charge is 0.451 e. The van der Waals surface area contributed by atoms with Crippen molar-refractivity contribution in [1.82, 2.24) is 19.3 Å². The van der Waals surface area contributed by atoms with E-state index < -0.39 is 12.0 Å². The molecule has 9 heteroatoms. The first-order chi connectivity index (χ1) is 13.7. The van der Waals surface area contributed by atoms with Crippen molar-refractivity contribution in [3.63, 3.8) is 0 Å². The molecule has 0 aromatic carbocycles. The number of hydrogen-bond donors (Lipinski definition) is 0. The summed E-state index contributed by atoms with van der Waals surface area (Å²) >= 11 is 0.968. The number of alkyl halides is 3. The molecule has 0 unspecified atom stereocenters. The lowest BCUT2D eigenvalue weighted by Gasteiger charge is -2.15. The van der Waals surface area contributed by atoms with Crippen molar-refractivity contribution in [2.75, 3.05) is 5.75 Å². The quantitative estimate of drug-likeness (QED) is 0.350. The molecule has 0 atom stereocenters. The van der Waals surface area contributed by atoms with Gasteiger partial charge in [0.05, 0.1) is 5.75 Å². The third kappa shape index (κ3) is 4.94. The molecule has 0 fully saturated rings. The molecular weight excluding hydrogens is 401 g/mol. The van der Waals surface area contributed by atoms with Crippen LogP contribution in [0.25, 0.3) is 0 Å². The van der Waals surface area contributed by atoms with Gasteiger partial charge in [-0.1, -0.05) is 23.4 Å². The molecule has 0 bridgehead atoms. The van der Waals surface area contributed by atoms with Gasteiger partial charge in [0.1, 0.15) is 0 Å². The van der Waals surface area contributed by atoms with Crippen LogP contribution in [-0.2, 0) is 19.8 Å². The number of halogens is 3. The summed E-state index contributed by atoms with van der Waals surface area (Å²) in [6.45, 7) is 4.73. The maximum atomic E-state index is 12.8. The molecule has 158 valence electrons. The molecule has 0 aliphatic heterocycles. The Balaban J connectivity index is 1.65. The number of hydrogen-bond acceptors (Lipinski definition) is 4. The molecule has 2 aromatic heterocycles. The Labute approximate surface area is 172 Å². The fourth-order valence-corrected chi connectivity index (χ4v) is 4.50. The van der Waals surface area contributed by atoms with Crippen molar-refractivity contribution in [3.8, 4) is 0 Å². The van der Waals surface area contributed by atoms with Gasteiger partial charge in [-0.3, -0.25) is 4.79 Å². The fraction of sp³-hybridized carbons (Fsp3) is 0.550. The highest BCUT2D eigenvalue weighted by atomic mass is 32.2. The number of carbonyl (C=O) groups is 1. The van der Waals surface area contributed by atoms with E-state index in [-0.39, 0.29) is 16.7 Å². The molecule has 0 spiro atoms. The topological polar surface area (TPSA) is 52.7 Å². The molecule has 1 aliphatic carbocycles. The summed E-state index contributed by atoms with van der Waals surface area (Å²) in [5.74, 6) is -1.18. The Morgan fingerprint density at radius 1 is 1.24 bits per heavy atom. The molecule has 0 N–H and O–H groups in total. The average Bonchev–Trinajstić information content (AvgIpc) is 3.18. The van der Waals surface area contributed by atoms with Crippen molar-refractivity contribution >= 4 is 17.5 Å². The number of carbonyl (C=O) groups excluding carboxylic acids is 1. The van der Waals surface area contributed by atoms with E-state index in [1.165, 1.54) is 25.5 Å². The van der Waals surface area contributed by atoms with Crippen LogP contribution in [0.3, 0.4) is 0 Å². The zero-order valence-electron chi connectivity index (χ0n) is 16.8. The van der Waals surface area contributed by atoms with E-state index in [0.717, 1.165) is 53.5 Å². The highest BCUT2D eigenvalue weighted by molar-refractivity contribution is 7.99. The normalized spacial score (nSPS) is 14.9. The second kappa shape index (κ2) is 8.77. The minimum Gasteiger partial charge on any atom is -0.348 e. The van der Waals surface area contributed by atoms with Gasteiger partial charge in [-0.25, -0.2) is 0 Å². The molecule has 29 heavy (non-hydrogen) atoms. The van der Waals surface area contributed by atoms with Crippen molar-refractivity contribution < 1.29 is 18.0 Å². The summed E-state index contributed by atoms with van der Waals surface area (Å²) in [5, 5.41) is 6.83. The lowest BCUT2D eigenvalue weighted by Crippen LogP contribution is -2.13. The first-order valence-electron chi connectivity index (χ1n) is 9.65. The van der Waals surface area contributed by atoms with Crippen LogP contribution in [0, 0.1) is 13.8 Å². The van der Waals surface area contributed by atoms with Gasteiger partial charge in [0, 0.05) is 30.5 Å². The molecule has 2 heterocycles. The van der Waals surface area contributed by atoms with E-state index >= 15 is 0 Å². The van der Waals surface area contributed by atoms with Gasteiger partial charge >= 0.3 is 6.18 Å². The molecular formula is C20H25F3N4OS. The maximum absolute atomic E-state index is 12.8. The van der Waals surface area contributed by atoms with Gasteiger partial charge < -0.3 is 9.13 Å². The number of ketones is 1. The van der Waals surface area contributed by atoms with Crippen LogP contribution in [0.1, 0.15) is 59.7 Å². The lowest BCUT2D eigenvalue weighted by molar-refractivity contribution is -0.147. The van der Waals surface area contributed by atoms with E-state index in [1.54, 1.807) is 0 Å². The van der Waals surface area contributed by atoms with Crippen molar-refractivity contribution in [1.29, 1.82) is 0 Å². The minimum absolute atomic E-state index is 0.0132. The number of aryl methyl sites for hydroxylation is 1. The average molecular weight is 427 g/mol. The number of nitrogens with zero attached hydrogens (tertiary/aromatic N) is 4. The van der Waals surface area contributed by atoms with E-state index in [0.29, 0.717) is 5.56 Å². The predicted molar refractivity (Wildman–Crippen MR) is 106 cm³/mol. The van der Waals surface area contributed by atoms with Crippen LogP contribution in [0.5, 0.6) is 0 Å². The highest BCUT2D eigenvalue weighted by Gasteiger charge is 2.37. The molecule has 1 aliphatic rings. The Kier molecular flexibility index (Phi) is 6.55. The Morgan fingerprint density at radius 3 is 2.62 bits per heavy atom. The summed E-state index contributed by atoms with van der Waals surface area (Å²) in [7, 11) is 1.25. The summed E-state index contributed by atoms with van der Waals surface area (Å²) in [5.41, 5.74) is 4.02. The highest BCUT2D eigenvalue weighted by Crippen LogP contribution is 2.30. The van der Waals surface area contributed by atoms with Crippen LogP contribution in [0.4, 0.5) is 13.2 Å². The van der Waals surface area contributed by atoms with Gasteiger partial charge in [0.2, 0.25) is 5.82 Å². The standard InChI is InChI=1S/C20H25F3N4OS/c1-13-11-16(14(2)27(13)10-9-15-7-5-4-6-8-15)17(28)12-29-19-25-24-18(26(19)3)20(21,22)23/h7,11H,4-6,8-10,12H2,1-3H3. The number of thioether (sulfide) groups is 1. The van der Waals surface area contributed by atoms with Crippen LogP contribution in [0.2, 0.25) is 0 Å². The SMILES string of the molecule is Cc1cc(C(=O)CSc2nnc(C(F)(F)F)n2C)c(C)n1CCC1=CCCCC1. The lowest BCUT2D eigenvalue weighted by atomic mass is 9.97. The zero-order chi connectivity index (χ0) is 21.2. The first kappa shape index (κ1) is 21.7. The van der Waals surface area contributed by atoms with Gasteiger partial charge in [-0.15, -0.1) is 10.2 Å². The summed E-state index contributed by atoms with van der Waals surface area (Å²) in [4.78, 5) is 12.7. The summed E-state index contributed by atoms with van der Waals surface area (Å²) in [6, 6.07) is 1.87.